The van der Waals surface area contributed by atoms with Gasteiger partial charge in [0, 0.05) is 6.42 Å². The highest BCUT2D eigenvalue weighted by molar-refractivity contribution is 5.86. The monoisotopic (exact) mass is 222 g/mol. The molecular formula is C13H18O3. The predicted molar refractivity (Wildman–Crippen MR) is 61.6 cm³/mol. The van der Waals surface area contributed by atoms with Gasteiger partial charge in [0.05, 0.1) is 5.92 Å². The van der Waals surface area contributed by atoms with Crippen molar-refractivity contribution in [1.29, 1.82) is 0 Å². The molecule has 0 aliphatic heterocycles. The maximum Gasteiger partial charge on any atom is 0.316 e. The molecule has 0 N–H and O–H groups in total. The second-order valence-electron chi connectivity index (χ2n) is 4.10. The van der Waals surface area contributed by atoms with Crippen molar-refractivity contribution in [2.75, 3.05) is 0 Å². The summed E-state index contributed by atoms with van der Waals surface area (Å²) in [7, 11) is 0. The number of esters is 2. The van der Waals surface area contributed by atoms with Gasteiger partial charge in [-0.25, -0.2) is 0 Å². The standard InChI is InChI=1S/C13H18O3/c1-4-12(14)16-13(15)10(3)9(2)11-7-5-6-8-11/h5-7,9-10H,4,8H2,1-3H3. The van der Waals surface area contributed by atoms with E-state index in [1.54, 1.807) is 13.8 Å². The summed E-state index contributed by atoms with van der Waals surface area (Å²) in [5, 5.41) is 0. The van der Waals surface area contributed by atoms with Crippen molar-refractivity contribution < 1.29 is 14.3 Å². The molecular weight excluding hydrogens is 204 g/mol. The van der Waals surface area contributed by atoms with Gasteiger partial charge < -0.3 is 4.74 Å². The van der Waals surface area contributed by atoms with E-state index < -0.39 is 11.9 Å². The first-order valence-electron chi connectivity index (χ1n) is 5.66. The Morgan fingerprint density at radius 1 is 1.44 bits per heavy atom. The largest absolute Gasteiger partial charge is 0.393 e. The fourth-order valence-corrected chi connectivity index (χ4v) is 1.60. The van der Waals surface area contributed by atoms with E-state index in [4.69, 9.17) is 4.74 Å². The molecule has 0 aromatic carbocycles. The fraction of sp³-hybridized carbons (Fsp3) is 0.538. The van der Waals surface area contributed by atoms with Gasteiger partial charge in [-0.1, -0.05) is 44.6 Å². The molecule has 0 bridgehead atoms. The Bertz CT molecular complexity index is 339. The van der Waals surface area contributed by atoms with Crippen molar-refractivity contribution in [3.8, 4) is 0 Å². The van der Waals surface area contributed by atoms with Crippen LogP contribution in [-0.2, 0) is 14.3 Å². The fourth-order valence-electron chi connectivity index (χ4n) is 1.60. The zero-order chi connectivity index (χ0) is 12.1. The molecule has 0 saturated heterocycles. The van der Waals surface area contributed by atoms with Gasteiger partial charge in [0.25, 0.3) is 0 Å². The Balaban J connectivity index is 2.53. The summed E-state index contributed by atoms with van der Waals surface area (Å²) in [6.07, 6.45) is 7.19. The number of hydrogen-bond acceptors (Lipinski definition) is 3. The molecule has 0 heterocycles. The highest BCUT2D eigenvalue weighted by Gasteiger charge is 2.26. The number of ether oxygens (including phenoxy) is 1. The minimum absolute atomic E-state index is 0.118. The topological polar surface area (TPSA) is 43.4 Å². The van der Waals surface area contributed by atoms with Gasteiger partial charge in [0.15, 0.2) is 0 Å². The zero-order valence-corrected chi connectivity index (χ0v) is 10.0. The third-order valence-corrected chi connectivity index (χ3v) is 3.01. The molecule has 0 radical (unpaired) electrons. The molecule has 0 fully saturated rings. The van der Waals surface area contributed by atoms with Crippen LogP contribution in [0.15, 0.2) is 23.8 Å². The average molecular weight is 222 g/mol. The Morgan fingerprint density at radius 2 is 2.12 bits per heavy atom. The third-order valence-electron chi connectivity index (χ3n) is 3.01. The molecule has 0 amide bonds. The summed E-state index contributed by atoms with van der Waals surface area (Å²) in [6.45, 7) is 5.46. The molecule has 2 atom stereocenters. The van der Waals surface area contributed by atoms with Gasteiger partial charge in [0.2, 0.25) is 0 Å². The molecule has 3 nitrogen and oxygen atoms in total. The molecule has 0 saturated carbocycles. The quantitative estimate of drug-likeness (QED) is 0.542. The van der Waals surface area contributed by atoms with Crippen molar-refractivity contribution in [2.24, 2.45) is 11.8 Å². The van der Waals surface area contributed by atoms with Gasteiger partial charge in [-0.15, -0.1) is 0 Å². The Morgan fingerprint density at radius 3 is 2.62 bits per heavy atom. The SMILES string of the molecule is CCC(=O)OC(=O)C(C)C(C)C1=CC=CC1. The highest BCUT2D eigenvalue weighted by Crippen LogP contribution is 2.27. The van der Waals surface area contributed by atoms with Crippen LogP contribution in [0, 0.1) is 11.8 Å². The minimum Gasteiger partial charge on any atom is -0.393 e. The number of hydrogen-bond donors (Lipinski definition) is 0. The first-order chi connectivity index (χ1) is 7.56. The van der Waals surface area contributed by atoms with Crippen LogP contribution in [0.1, 0.15) is 33.6 Å². The minimum atomic E-state index is -0.456. The van der Waals surface area contributed by atoms with Crippen LogP contribution in [0.25, 0.3) is 0 Å². The van der Waals surface area contributed by atoms with Gasteiger partial charge >= 0.3 is 11.9 Å². The van der Waals surface area contributed by atoms with Crippen molar-refractivity contribution in [2.45, 2.75) is 33.6 Å². The Kier molecular flexibility index (Phi) is 4.47. The summed E-state index contributed by atoms with van der Waals surface area (Å²) >= 11 is 0. The van der Waals surface area contributed by atoms with E-state index in [0.717, 1.165) is 6.42 Å². The third kappa shape index (κ3) is 3.05. The molecule has 2 unspecified atom stereocenters. The molecule has 1 aliphatic carbocycles. The van der Waals surface area contributed by atoms with Gasteiger partial charge in [-0.3, -0.25) is 9.59 Å². The first kappa shape index (κ1) is 12.7. The normalized spacial score (nSPS) is 17.8. The van der Waals surface area contributed by atoms with E-state index >= 15 is 0 Å². The van der Waals surface area contributed by atoms with E-state index in [1.165, 1.54) is 5.57 Å². The maximum absolute atomic E-state index is 11.6. The van der Waals surface area contributed by atoms with E-state index in [0.29, 0.717) is 0 Å². The summed E-state index contributed by atoms with van der Waals surface area (Å²) < 4.78 is 4.72. The van der Waals surface area contributed by atoms with Gasteiger partial charge in [-0.05, 0) is 12.3 Å². The van der Waals surface area contributed by atoms with E-state index in [2.05, 4.69) is 6.08 Å². The molecule has 16 heavy (non-hydrogen) atoms. The van der Waals surface area contributed by atoms with E-state index in [1.807, 2.05) is 19.1 Å². The van der Waals surface area contributed by atoms with Crippen molar-refractivity contribution in [1.82, 2.24) is 0 Å². The molecule has 3 heteroatoms. The average Bonchev–Trinajstić information content (AvgIpc) is 2.80. The van der Waals surface area contributed by atoms with Crippen molar-refractivity contribution in [3.63, 3.8) is 0 Å². The second kappa shape index (κ2) is 5.64. The molecule has 1 aliphatic rings. The maximum atomic E-state index is 11.6. The van der Waals surface area contributed by atoms with Gasteiger partial charge in [-0.2, -0.15) is 0 Å². The van der Waals surface area contributed by atoms with Crippen LogP contribution < -0.4 is 0 Å². The van der Waals surface area contributed by atoms with Crippen molar-refractivity contribution >= 4 is 11.9 Å². The summed E-state index contributed by atoms with van der Waals surface area (Å²) in [6, 6.07) is 0. The van der Waals surface area contributed by atoms with Crippen LogP contribution in [0.5, 0.6) is 0 Å². The smallest absolute Gasteiger partial charge is 0.316 e. The predicted octanol–water partition coefficient (Wildman–Crippen LogP) is 2.62. The summed E-state index contributed by atoms with van der Waals surface area (Å²) in [4.78, 5) is 22.6. The number of carbonyl (C=O) groups excluding carboxylic acids is 2. The Labute approximate surface area is 96.2 Å². The van der Waals surface area contributed by atoms with E-state index in [9.17, 15) is 9.59 Å². The lowest BCUT2D eigenvalue weighted by molar-refractivity contribution is -0.162. The highest BCUT2D eigenvalue weighted by atomic mass is 16.6. The number of allylic oxidation sites excluding steroid dienone is 4. The van der Waals surface area contributed by atoms with Crippen LogP contribution in [0.3, 0.4) is 0 Å². The van der Waals surface area contributed by atoms with E-state index in [-0.39, 0.29) is 18.3 Å². The summed E-state index contributed by atoms with van der Waals surface area (Å²) in [5.41, 5.74) is 1.22. The molecule has 0 aromatic rings. The zero-order valence-electron chi connectivity index (χ0n) is 10.0. The lowest BCUT2D eigenvalue weighted by atomic mass is 9.88. The lowest BCUT2D eigenvalue weighted by Gasteiger charge is -2.19. The summed E-state index contributed by atoms with van der Waals surface area (Å²) in [5.74, 6) is -1.04. The molecule has 0 aromatic heterocycles. The Hall–Kier alpha value is -1.38. The van der Waals surface area contributed by atoms with Gasteiger partial charge in [0.1, 0.15) is 0 Å². The van der Waals surface area contributed by atoms with Crippen LogP contribution >= 0.6 is 0 Å². The molecule has 1 rings (SSSR count). The number of carbonyl (C=O) groups is 2. The molecule has 88 valence electrons. The van der Waals surface area contributed by atoms with Crippen LogP contribution in [0.4, 0.5) is 0 Å². The van der Waals surface area contributed by atoms with Crippen LogP contribution in [0.2, 0.25) is 0 Å². The first-order valence-corrected chi connectivity index (χ1v) is 5.66. The molecule has 0 spiro atoms. The lowest BCUT2D eigenvalue weighted by Crippen LogP contribution is -2.24. The van der Waals surface area contributed by atoms with Crippen LogP contribution in [-0.4, -0.2) is 11.9 Å². The number of rotatable bonds is 4. The second-order valence-corrected chi connectivity index (χ2v) is 4.10. The van der Waals surface area contributed by atoms with Crippen molar-refractivity contribution in [3.05, 3.63) is 23.8 Å².